The molecule has 0 saturated carbocycles. The number of aliphatic hydroxyl groups is 1. The van der Waals surface area contributed by atoms with E-state index in [1.165, 1.54) is 0 Å². The first-order valence-corrected chi connectivity index (χ1v) is 3.46. The first-order valence-electron chi connectivity index (χ1n) is 3.46. The van der Waals surface area contributed by atoms with E-state index in [4.69, 9.17) is 5.11 Å². The first-order chi connectivity index (χ1) is 4.75. The lowest BCUT2D eigenvalue weighted by atomic mass is 10.3. The molecule has 0 saturated heterocycles. The predicted octanol–water partition coefficient (Wildman–Crippen LogP) is 0.109. The summed E-state index contributed by atoms with van der Waals surface area (Å²) in [5.41, 5.74) is 1.04. The standard InChI is InChI=1S/C7H10N2O/c1-5-3-9-4-6(10)2-7(9)8-5/h3,6,10H,2,4H2,1H3. The van der Waals surface area contributed by atoms with Gasteiger partial charge in [0.25, 0.3) is 0 Å². The number of aliphatic hydroxyl groups excluding tert-OH is 1. The van der Waals surface area contributed by atoms with Gasteiger partial charge in [-0.15, -0.1) is 0 Å². The number of aryl methyl sites for hydroxylation is 1. The lowest BCUT2D eigenvalue weighted by molar-refractivity contribution is 0.175. The van der Waals surface area contributed by atoms with Gasteiger partial charge >= 0.3 is 0 Å². The van der Waals surface area contributed by atoms with Gasteiger partial charge < -0.3 is 9.67 Å². The Bertz CT molecular complexity index is 231. The van der Waals surface area contributed by atoms with Crippen LogP contribution in [0.15, 0.2) is 6.20 Å². The van der Waals surface area contributed by atoms with Crippen molar-refractivity contribution in [3.63, 3.8) is 0 Å². The van der Waals surface area contributed by atoms with Gasteiger partial charge in [-0.25, -0.2) is 4.98 Å². The molecule has 2 heterocycles. The van der Waals surface area contributed by atoms with Crippen molar-refractivity contribution in [2.24, 2.45) is 0 Å². The number of nitrogens with zero attached hydrogens (tertiary/aromatic N) is 2. The molecule has 1 aromatic rings. The Balaban J connectivity index is 2.39. The molecule has 1 atom stereocenters. The summed E-state index contributed by atoms with van der Waals surface area (Å²) in [6, 6.07) is 0. The van der Waals surface area contributed by atoms with Gasteiger partial charge in [0.05, 0.1) is 18.3 Å². The Morgan fingerprint density at radius 2 is 2.60 bits per heavy atom. The van der Waals surface area contributed by atoms with Crippen molar-refractivity contribution >= 4 is 0 Å². The van der Waals surface area contributed by atoms with Gasteiger partial charge in [-0.05, 0) is 6.92 Å². The molecule has 0 bridgehead atoms. The molecule has 0 fully saturated rings. The minimum atomic E-state index is -0.205. The van der Waals surface area contributed by atoms with E-state index in [2.05, 4.69) is 4.98 Å². The van der Waals surface area contributed by atoms with Crippen molar-refractivity contribution in [1.82, 2.24) is 9.55 Å². The summed E-state index contributed by atoms with van der Waals surface area (Å²) in [6.45, 7) is 2.69. The van der Waals surface area contributed by atoms with E-state index in [1.54, 1.807) is 0 Å². The molecule has 1 aliphatic heterocycles. The summed E-state index contributed by atoms with van der Waals surface area (Å²) >= 11 is 0. The zero-order chi connectivity index (χ0) is 7.14. The highest BCUT2D eigenvalue weighted by Gasteiger charge is 2.19. The van der Waals surface area contributed by atoms with Crippen LogP contribution in [-0.4, -0.2) is 20.8 Å². The smallest absolute Gasteiger partial charge is 0.111 e. The minimum absolute atomic E-state index is 0.205. The summed E-state index contributed by atoms with van der Waals surface area (Å²) in [7, 11) is 0. The van der Waals surface area contributed by atoms with Crippen molar-refractivity contribution in [2.45, 2.75) is 26.0 Å². The van der Waals surface area contributed by atoms with Crippen LogP contribution in [0.2, 0.25) is 0 Å². The number of aromatic nitrogens is 2. The number of hydrogen-bond acceptors (Lipinski definition) is 2. The van der Waals surface area contributed by atoms with E-state index < -0.39 is 0 Å². The van der Waals surface area contributed by atoms with Crippen LogP contribution in [0, 0.1) is 6.92 Å². The topological polar surface area (TPSA) is 38.0 Å². The average Bonchev–Trinajstić information content (AvgIpc) is 2.21. The molecule has 1 unspecified atom stereocenters. The van der Waals surface area contributed by atoms with E-state index >= 15 is 0 Å². The molecule has 10 heavy (non-hydrogen) atoms. The van der Waals surface area contributed by atoms with Crippen molar-refractivity contribution in [3.8, 4) is 0 Å². The molecular formula is C7H10N2O. The van der Waals surface area contributed by atoms with Gasteiger partial charge in [0, 0.05) is 12.6 Å². The Morgan fingerprint density at radius 3 is 3.30 bits per heavy atom. The summed E-state index contributed by atoms with van der Waals surface area (Å²) in [5.74, 6) is 1.02. The maximum Gasteiger partial charge on any atom is 0.111 e. The quantitative estimate of drug-likeness (QED) is 0.552. The van der Waals surface area contributed by atoms with Gasteiger partial charge in [-0.3, -0.25) is 0 Å². The Morgan fingerprint density at radius 1 is 1.80 bits per heavy atom. The maximum atomic E-state index is 9.17. The van der Waals surface area contributed by atoms with Crippen LogP contribution in [0.3, 0.4) is 0 Å². The van der Waals surface area contributed by atoms with Crippen molar-refractivity contribution < 1.29 is 5.11 Å². The maximum absolute atomic E-state index is 9.17. The molecule has 54 valence electrons. The van der Waals surface area contributed by atoms with Crippen LogP contribution < -0.4 is 0 Å². The molecule has 0 radical (unpaired) electrons. The van der Waals surface area contributed by atoms with Gasteiger partial charge in [-0.1, -0.05) is 0 Å². The number of rotatable bonds is 0. The number of imidazole rings is 1. The van der Waals surface area contributed by atoms with Crippen LogP contribution in [-0.2, 0) is 13.0 Å². The molecule has 1 N–H and O–H groups in total. The van der Waals surface area contributed by atoms with Gasteiger partial charge in [0.1, 0.15) is 5.82 Å². The largest absolute Gasteiger partial charge is 0.391 e. The molecule has 0 amide bonds. The molecule has 2 rings (SSSR count). The van der Waals surface area contributed by atoms with E-state index in [9.17, 15) is 0 Å². The molecule has 3 nitrogen and oxygen atoms in total. The highest BCUT2D eigenvalue weighted by molar-refractivity contribution is 5.07. The highest BCUT2D eigenvalue weighted by atomic mass is 16.3. The zero-order valence-electron chi connectivity index (χ0n) is 5.91. The van der Waals surface area contributed by atoms with E-state index in [0.717, 1.165) is 18.1 Å². The normalized spacial score (nSPS) is 23.2. The summed E-state index contributed by atoms with van der Waals surface area (Å²) in [4.78, 5) is 4.24. The van der Waals surface area contributed by atoms with Crippen LogP contribution in [0.1, 0.15) is 11.5 Å². The third kappa shape index (κ3) is 0.743. The fourth-order valence-corrected chi connectivity index (χ4v) is 1.42. The van der Waals surface area contributed by atoms with Crippen LogP contribution in [0.4, 0.5) is 0 Å². The predicted molar refractivity (Wildman–Crippen MR) is 36.7 cm³/mol. The van der Waals surface area contributed by atoms with Gasteiger partial charge in [-0.2, -0.15) is 0 Å². The van der Waals surface area contributed by atoms with Crippen LogP contribution >= 0.6 is 0 Å². The Hall–Kier alpha value is -0.830. The van der Waals surface area contributed by atoms with E-state index in [-0.39, 0.29) is 6.10 Å². The fraction of sp³-hybridized carbons (Fsp3) is 0.571. The fourth-order valence-electron chi connectivity index (χ4n) is 1.42. The number of fused-ring (bicyclic) bond motifs is 1. The number of hydrogen-bond donors (Lipinski definition) is 1. The lowest BCUT2D eigenvalue weighted by Crippen LogP contribution is -2.06. The monoisotopic (exact) mass is 138 g/mol. The van der Waals surface area contributed by atoms with Crippen LogP contribution in [0.5, 0.6) is 0 Å². The molecule has 1 aromatic heterocycles. The van der Waals surface area contributed by atoms with Gasteiger partial charge in [0.2, 0.25) is 0 Å². The molecule has 0 aromatic carbocycles. The third-order valence-electron chi connectivity index (χ3n) is 1.81. The van der Waals surface area contributed by atoms with Crippen LogP contribution in [0.25, 0.3) is 0 Å². The second-order valence-electron chi connectivity index (χ2n) is 2.81. The molecule has 0 spiro atoms. The van der Waals surface area contributed by atoms with Gasteiger partial charge in [0.15, 0.2) is 0 Å². The second-order valence-corrected chi connectivity index (χ2v) is 2.81. The zero-order valence-corrected chi connectivity index (χ0v) is 5.91. The Labute approximate surface area is 59.3 Å². The molecular weight excluding hydrogens is 128 g/mol. The SMILES string of the molecule is Cc1cn2c(n1)CC(O)C2. The van der Waals surface area contributed by atoms with Crippen molar-refractivity contribution in [2.75, 3.05) is 0 Å². The first kappa shape index (κ1) is 5.92. The summed E-state index contributed by atoms with van der Waals surface area (Å²) in [6.07, 6.45) is 2.49. The average molecular weight is 138 g/mol. The molecule has 0 aliphatic carbocycles. The van der Waals surface area contributed by atoms with E-state index in [1.807, 2.05) is 17.7 Å². The molecule has 1 aliphatic rings. The second kappa shape index (κ2) is 1.83. The molecule has 3 heteroatoms. The minimum Gasteiger partial charge on any atom is -0.391 e. The van der Waals surface area contributed by atoms with Crippen molar-refractivity contribution in [1.29, 1.82) is 0 Å². The third-order valence-corrected chi connectivity index (χ3v) is 1.81. The lowest BCUT2D eigenvalue weighted by Gasteiger charge is -1.95. The summed E-state index contributed by atoms with van der Waals surface area (Å²) in [5, 5.41) is 9.17. The van der Waals surface area contributed by atoms with E-state index in [0.29, 0.717) is 6.42 Å². The highest BCUT2D eigenvalue weighted by Crippen LogP contribution is 2.13. The Kier molecular flexibility index (Phi) is 1.08. The summed E-state index contributed by atoms with van der Waals surface area (Å²) < 4.78 is 2.01. The van der Waals surface area contributed by atoms with Crippen molar-refractivity contribution in [3.05, 3.63) is 17.7 Å².